The Morgan fingerprint density at radius 2 is 1.33 bits per heavy atom. The number of carbonyl (C=O) groups is 1. The molecule has 0 aliphatic carbocycles. The van der Waals surface area contributed by atoms with Crippen LogP contribution in [0.1, 0.15) is 11.1 Å². The summed E-state index contributed by atoms with van der Waals surface area (Å²) in [4.78, 5) is 23.7. The fraction of sp³-hybridized carbons (Fsp3) is 0. The molecule has 0 aromatic heterocycles. The van der Waals surface area contributed by atoms with Crippen LogP contribution in [0.2, 0.25) is 0 Å². The third-order valence-electron chi connectivity index (χ3n) is 5.19. The summed E-state index contributed by atoms with van der Waals surface area (Å²) >= 11 is 0. The summed E-state index contributed by atoms with van der Waals surface area (Å²) in [5.74, 6) is -0.419. The summed E-state index contributed by atoms with van der Waals surface area (Å²) in [7, 11) is -3.79. The van der Waals surface area contributed by atoms with Crippen LogP contribution < -0.4 is 10.0 Å². The molecule has 0 saturated heterocycles. The number of benzene rings is 4. The van der Waals surface area contributed by atoms with Gasteiger partial charge in [0.1, 0.15) is 0 Å². The number of carbonyl (C=O) groups excluding carboxylic acids is 1. The second-order valence-corrected chi connectivity index (χ2v) is 9.41. The zero-order valence-electron chi connectivity index (χ0n) is 18.9. The van der Waals surface area contributed by atoms with Gasteiger partial charge in [-0.3, -0.25) is 19.6 Å². The smallest absolute Gasteiger partial charge is 0.269 e. The average Bonchev–Trinajstić information content (AvgIpc) is 2.88. The maximum absolute atomic E-state index is 13.2. The molecule has 4 aromatic rings. The van der Waals surface area contributed by atoms with Gasteiger partial charge < -0.3 is 5.32 Å². The fourth-order valence-electron chi connectivity index (χ4n) is 3.39. The molecule has 0 radical (unpaired) electrons. The van der Waals surface area contributed by atoms with Crippen molar-refractivity contribution in [3.8, 4) is 0 Å². The maximum atomic E-state index is 13.2. The van der Waals surface area contributed by atoms with Gasteiger partial charge in [0, 0.05) is 29.1 Å². The molecule has 0 fully saturated rings. The van der Waals surface area contributed by atoms with Crippen LogP contribution in [-0.2, 0) is 14.8 Å². The van der Waals surface area contributed by atoms with Crippen molar-refractivity contribution < 1.29 is 18.1 Å². The molecule has 0 bridgehead atoms. The molecule has 8 nitrogen and oxygen atoms in total. The molecule has 0 saturated carbocycles. The van der Waals surface area contributed by atoms with Crippen molar-refractivity contribution in [2.24, 2.45) is 0 Å². The van der Waals surface area contributed by atoms with E-state index in [1.54, 1.807) is 72.8 Å². The Hall–Kier alpha value is -4.76. The predicted octanol–water partition coefficient (Wildman–Crippen LogP) is 5.57. The zero-order chi connectivity index (χ0) is 25.5. The number of rotatable bonds is 8. The third-order valence-corrected chi connectivity index (χ3v) is 6.59. The summed E-state index contributed by atoms with van der Waals surface area (Å²) in [6.07, 6.45) is 1.64. The first kappa shape index (κ1) is 24.4. The molecule has 36 heavy (non-hydrogen) atoms. The molecule has 0 aliphatic heterocycles. The fourth-order valence-corrected chi connectivity index (χ4v) is 4.45. The summed E-state index contributed by atoms with van der Waals surface area (Å²) < 4.78 is 27.8. The van der Waals surface area contributed by atoms with Crippen molar-refractivity contribution in [3.05, 3.63) is 130 Å². The van der Waals surface area contributed by atoms with E-state index in [2.05, 4.69) is 10.0 Å². The van der Waals surface area contributed by atoms with Crippen molar-refractivity contribution in [3.63, 3.8) is 0 Å². The number of nitro groups is 1. The lowest BCUT2D eigenvalue weighted by atomic mass is 10.0. The van der Waals surface area contributed by atoms with E-state index >= 15 is 0 Å². The molecule has 0 spiro atoms. The SMILES string of the molecule is O=C(Nc1ccc(S(=O)(=O)Nc2ccccc2)cc1)/C(=C/c1ccc([N+](=O)[O-])cc1)c1ccccc1. The number of nitro benzene ring substituents is 1. The Bertz CT molecular complexity index is 1500. The maximum Gasteiger partial charge on any atom is 0.269 e. The minimum absolute atomic E-state index is 0.0466. The Morgan fingerprint density at radius 1 is 0.750 bits per heavy atom. The number of para-hydroxylation sites is 1. The largest absolute Gasteiger partial charge is 0.322 e. The lowest BCUT2D eigenvalue weighted by molar-refractivity contribution is -0.384. The van der Waals surface area contributed by atoms with Gasteiger partial charge in [-0.25, -0.2) is 8.42 Å². The van der Waals surface area contributed by atoms with E-state index in [0.717, 1.165) is 0 Å². The quantitative estimate of drug-likeness (QED) is 0.142. The number of nitrogens with zero attached hydrogens (tertiary/aromatic N) is 1. The molecule has 2 N–H and O–H groups in total. The van der Waals surface area contributed by atoms with Crippen molar-refractivity contribution >= 4 is 44.6 Å². The van der Waals surface area contributed by atoms with Gasteiger partial charge in [0.25, 0.3) is 21.6 Å². The number of hydrogen-bond acceptors (Lipinski definition) is 5. The van der Waals surface area contributed by atoms with Gasteiger partial charge in [-0.2, -0.15) is 0 Å². The summed E-state index contributed by atoms with van der Waals surface area (Å²) in [6.45, 7) is 0. The number of sulfonamides is 1. The Kier molecular flexibility index (Phi) is 7.22. The molecular weight excluding hydrogens is 478 g/mol. The predicted molar refractivity (Wildman–Crippen MR) is 140 cm³/mol. The van der Waals surface area contributed by atoms with Crippen molar-refractivity contribution in [2.75, 3.05) is 10.0 Å². The second-order valence-electron chi connectivity index (χ2n) is 7.72. The van der Waals surface area contributed by atoms with Crippen LogP contribution in [0, 0.1) is 10.1 Å². The molecule has 180 valence electrons. The van der Waals surface area contributed by atoms with E-state index in [-0.39, 0.29) is 10.6 Å². The van der Waals surface area contributed by atoms with Crippen LogP contribution in [0.5, 0.6) is 0 Å². The van der Waals surface area contributed by atoms with E-state index in [4.69, 9.17) is 0 Å². The summed E-state index contributed by atoms with van der Waals surface area (Å²) in [6, 6.07) is 29.2. The van der Waals surface area contributed by atoms with E-state index in [9.17, 15) is 23.3 Å². The Balaban J connectivity index is 1.56. The highest BCUT2D eigenvalue weighted by molar-refractivity contribution is 7.92. The first-order chi connectivity index (χ1) is 17.3. The van der Waals surface area contributed by atoms with Crippen LogP contribution in [0.25, 0.3) is 11.6 Å². The normalized spacial score (nSPS) is 11.5. The number of anilines is 2. The van der Waals surface area contributed by atoms with Crippen LogP contribution >= 0.6 is 0 Å². The number of nitrogens with one attached hydrogen (secondary N) is 2. The van der Waals surface area contributed by atoms with Gasteiger partial charge in [0.05, 0.1) is 9.82 Å². The third kappa shape index (κ3) is 6.02. The highest BCUT2D eigenvalue weighted by Crippen LogP contribution is 2.23. The lowest BCUT2D eigenvalue weighted by Gasteiger charge is -2.11. The molecule has 0 aliphatic rings. The molecule has 0 heterocycles. The van der Waals surface area contributed by atoms with Gasteiger partial charge >= 0.3 is 0 Å². The minimum Gasteiger partial charge on any atom is -0.322 e. The second kappa shape index (κ2) is 10.7. The topological polar surface area (TPSA) is 118 Å². The van der Waals surface area contributed by atoms with Crippen LogP contribution in [0.4, 0.5) is 17.1 Å². The average molecular weight is 500 g/mol. The highest BCUT2D eigenvalue weighted by atomic mass is 32.2. The van der Waals surface area contributed by atoms with Crippen molar-refractivity contribution in [1.29, 1.82) is 0 Å². The summed E-state index contributed by atoms with van der Waals surface area (Å²) in [5, 5.41) is 13.7. The van der Waals surface area contributed by atoms with Gasteiger partial charge in [-0.05, 0) is 65.7 Å². The van der Waals surface area contributed by atoms with E-state index in [1.807, 2.05) is 6.07 Å². The lowest BCUT2D eigenvalue weighted by Crippen LogP contribution is -2.15. The Morgan fingerprint density at radius 3 is 1.92 bits per heavy atom. The van der Waals surface area contributed by atoms with Gasteiger partial charge in [-0.15, -0.1) is 0 Å². The standard InChI is InChI=1S/C27H21N3O5S/c31-27(26(21-7-3-1-4-8-21)19-20-11-15-24(16-12-20)30(32)33)28-22-13-17-25(18-14-22)36(34,35)29-23-9-5-2-6-10-23/h1-19,29H,(H,28,31)/b26-19+. The summed E-state index contributed by atoms with van der Waals surface area (Å²) in [5.41, 5.74) is 2.41. The monoisotopic (exact) mass is 499 g/mol. The van der Waals surface area contributed by atoms with Crippen molar-refractivity contribution in [2.45, 2.75) is 4.90 Å². The van der Waals surface area contributed by atoms with Gasteiger partial charge in [-0.1, -0.05) is 48.5 Å². The molecule has 4 aromatic carbocycles. The van der Waals surface area contributed by atoms with E-state index in [0.29, 0.717) is 28.1 Å². The van der Waals surface area contributed by atoms with Crippen LogP contribution in [0.3, 0.4) is 0 Å². The number of hydrogen-bond donors (Lipinski definition) is 2. The van der Waals surface area contributed by atoms with Crippen LogP contribution in [0.15, 0.2) is 114 Å². The van der Waals surface area contributed by atoms with Gasteiger partial charge in [0.2, 0.25) is 0 Å². The highest BCUT2D eigenvalue weighted by Gasteiger charge is 2.16. The molecule has 0 unspecified atom stereocenters. The molecule has 9 heteroatoms. The van der Waals surface area contributed by atoms with Crippen molar-refractivity contribution in [1.82, 2.24) is 0 Å². The molecule has 4 rings (SSSR count). The Labute approximate surface area is 208 Å². The zero-order valence-corrected chi connectivity index (χ0v) is 19.7. The first-order valence-corrected chi connectivity index (χ1v) is 12.3. The van der Waals surface area contributed by atoms with E-state index in [1.165, 1.54) is 36.4 Å². The first-order valence-electron chi connectivity index (χ1n) is 10.8. The number of non-ortho nitro benzene ring substituents is 1. The molecular formula is C27H21N3O5S. The molecule has 1 amide bonds. The minimum atomic E-state index is -3.79. The van der Waals surface area contributed by atoms with Gasteiger partial charge in [0.15, 0.2) is 0 Å². The number of amides is 1. The van der Waals surface area contributed by atoms with E-state index < -0.39 is 20.9 Å². The molecule has 0 atom stereocenters. The van der Waals surface area contributed by atoms with Crippen LogP contribution in [-0.4, -0.2) is 19.2 Å².